The number of aromatic hydroxyl groups is 1. The molecule has 0 saturated heterocycles. The Morgan fingerprint density at radius 2 is 1.69 bits per heavy atom. The zero-order valence-corrected chi connectivity index (χ0v) is 21.0. The summed E-state index contributed by atoms with van der Waals surface area (Å²) in [7, 11) is 1.66. The molecular weight excluding hydrogens is 536 g/mol. The lowest BCUT2D eigenvalue weighted by Crippen LogP contribution is -2.33. The van der Waals surface area contributed by atoms with Crippen LogP contribution >= 0.6 is 31.9 Å². The third-order valence-corrected chi connectivity index (χ3v) is 6.38. The Labute approximate surface area is 204 Å². The predicted molar refractivity (Wildman–Crippen MR) is 134 cm³/mol. The number of methoxy groups -OCH3 is 1. The van der Waals surface area contributed by atoms with Crippen molar-refractivity contribution in [3.05, 3.63) is 86.3 Å². The number of hydrogen-bond acceptors (Lipinski definition) is 5. The van der Waals surface area contributed by atoms with E-state index in [4.69, 9.17) is 14.5 Å². The SMILES string of the molecule is CCOc1ccc(C2=N[C@H](c3cc(Br)ccc3OC)N[C@H](c3cc(Br)ccc3O)C2)cc1. The van der Waals surface area contributed by atoms with Crippen molar-refractivity contribution in [1.29, 1.82) is 0 Å². The van der Waals surface area contributed by atoms with Crippen molar-refractivity contribution in [2.75, 3.05) is 13.7 Å². The number of benzene rings is 3. The fraction of sp³-hybridized carbons (Fsp3) is 0.240. The Morgan fingerprint density at radius 3 is 2.38 bits per heavy atom. The Balaban J connectivity index is 1.78. The highest BCUT2D eigenvalue weighted by Crippen LogP contribution is 2.38. The molecule has 32 heavy (non-hydrogen) atoms. The number of halogens is 2. The van der Waals surface area contributed by atoms with Crippen molar-refractivity contribution >= 4 is 37.6 Å². The van der Waals surface area contributed by atoms with Gasteiger partial charge in [0.15, 0.2) is 0 Å². The minimum atomic E-state index is -0.346. The van der Waals surface area contributed by atoms with Gasteiger partial charge in [0, 0.05) is 38.2 Å². The largest absolute Gasteiger partial charge is 0.508 e. The maximum absolute atomic E-state index is 10.6. The standard InChI is InChI=1S/C25H24Br2N2O3/c1-3-32-18-8-4-15(5-9-18)21-14-22(19-12-16(26)6-10-23(19)30)29-25(28-21)20-13-17(27)7-11-24(20)31-2/h4-13,22,25,29-30H,3,14H2,1-2H3/t22-,25-/m0/s1. The van der Waals surface area contributed by atoms with Crippen LogP contribution in [-0.2, 0) is 0 Å². The van der Waals surface area contributed by atoms with Gasteiger partial charge in [0.2, 0.25) is 0 Å². The van der Waals surface area contributed by atoms with Crippen LogP contribution in [0.5, 0.6) is 17.2 Å². The maximum Gasteiger partial charge on any atom is 0.130 e. The van der Waals surface area contributed by atoms with Gasteiger partial charge in [-0.2, -0.15) is 0 Å². The van der Waals surface area contributed by atoms with Crippen molar-refractivity contribution in [2.45, 2.75) is 25.6 Å². The van der Waals surface area contributed by atoms with Gasteiger partial charge in [0.05, 0.1) is 13.7 Å². The van der Waals surface area contributed by atoms with Crippen LogP contribution in [0, 0.1) is 0 Å². The zero-order chi connectivity index (χ0) is 22.7. The monoisotopic (exact) mass is 558 g/mol. The van der Waals surface area contributed by atoms with Gasteiger partial charge in [0.25, 0.3) is 0 Å². The molecule has 1 heterocycles. The number of phenols is 1. The summed E-state index contributed by atoms with van der Waals surface area (Å²) in [6, 6.07) is 19.2. The van der Waals surface area contributed by atoms with Crippen LogP contribution < -0.4 is 14.8 Å². The number of phenolic OH excluding ortho intramolecular Hbond substituents is 1. The van der Waals surface area contributed by atoms with Crippen molar-refractivity contribution in [3.8, 4) is 17.2 Å². The van der Waals surface area contributed by atoms with E-state index >= 15 is 0 Å². The van der Waals surface area contributed by atoms with E-state index in [1.807, 2.05) is 61.5 Å². The molecule has 0 bridgehead atoms. The third-order valence-electron chi connectivity index (χ3n) is 5.39. The normalized spacial score (nSPS) is 18.2. The van der Waals surface area contributed by atoms with E-state index in [2.05, 4.69) is 37.2 Å². The van der Waals surface area contributed by atoms with Gasteiger partial charge in [-0.1, -0.05) is 31.9 Å². The fourth-order valence-electron chi connectivity index (χ4n) is 3.87. The first kappa shape index (κ1) is 22.8. The molecule has 5 nitrogen and oxygen atoms in total. The molecule has 4 rings (SSSR count). The summed E-state index contributed by atoms with van der Waals surface area (Å²) in [6.07, 6.45) is 0.284. The summed E-state index contributed by atoms with van der Waals surface area (Å²) >= 11 is 7.09. The Kier molecular flexibility index (Phi) is 7.18. The van der Waals surface area contributed by atoms with Crippen molar-refractivity contribution in [3.63, 3.8) is 0 Å². The number of hydrogen-bond donors (Lipinski definition) is 2. The predicted octanol–water partition coefficient (Wildman–Crippen LogP) is 6.55. The van der Waals surface area contributed by atoms with Gasteiger partial charge in [-0.15, -0.1) is 0 Å². The minimum Gasteiger partial charge on any atom is -0.508 e. The van der Waals surface area contributed by atoms with Gasteiger partial charge < -0.3 is 14.6 Å². The molecule has 0 unspecified atom stereocenters. The highest BCUT2D eigenvalue weighted by atomic mass is 79.9. The van der Waals surface area contributed by atoms with Crippen LogP contribution in [0.3, 0.4) is 0 Å². The molecular formula is C25H24Br2N2O3. The van der Waals surface area contributed by atoms with E-state index in [-0.39, 0.29) is 18.0 Å². The Hall–Kier alpha value is -2.35. The molecule has 7 heteroatoms. The third kappa shape index (κ3) is 5.00. The van der Waals surface area contributed by atoms with E-state index in [1.165, 1.54) is 0 Å². The van der Waals surface area contributed by atoms with Crippen LogP contribution in [0.15, 0.2) is 74.6 Å². The quantitative estimate of drug-likeness (QED) is 0.359. The van der Waals surface area contributed by atoms with Crippen LogP contribution in [0.2, 0.25) is 0 Å². The lowest BCUT2D eigenvalue weighted by atomic mass is 9.93. The first-order valence-corrected chi connectivity index (χ1v) is 11.9. The molecule has 0 radical (unpaired) electrons. The molecule has 1 aliphatic heterocycles. The molecule has 2 atom stereocenters. The highest BCUT2D eigenvalue weighted by molar-refractivity contribution is 9.10. The first-order valence-electron chi connectivity index (χ1n) is 10.4. The summed E-state index contributed by atoms with van der Waals surface area (Å²) in [5.74, 6) is 1.83. The van der Waals surface area contributed by atoms with Crippen LogP contribution in [0.25, 0.3) is 0 Å². The number of aliphatic imine (C=N–C) groups is 1. The highest BCUT2D eigenvalue weighted by Gasteiger charge is 2.29. The average Bonchev–Trinajstić information content (AvgIpc) is 2.81. The average molecular weight is 560 g/mol. The molecule has 0 amide bonds. The van der Waals surface area contributed by atoms with Gasteiger partial charge >= 0.3 is 0 Å². The Bertz CT molecular complexity index is 1130. The summed E-state index contributed by atoms with van der Waals surface area (Å²) in [4.78, 5) is 5.05. The lowest BCUT2D eigenvalue weighted by molar-refractivity contribution is 0.340. The first-order chi connectivity index (χ1) is 15.5. The van der Waals surface area contributed by atoms with Gasteiger partial charge in [0.1, 0.15) is 23.4 Å². The number of rotatable bonds is 6. The summed E-state index contributed by atoms with van der Waals surface area (Å²) in [5, 5.41) is 14.2. The van der Waals surface area contributed by atoms with E-state index in [1.54, 1.807) is 13.2 Å². The minimum absolute atomic E-state index is 0.139. The number of nitrogens with one attached hydrogen (secondary N) is 1. The molecule has 0 spiro atoms. The summed E-state index contributed by atoms with van der Waals surface area (Å²) in [5.41, 5.74) is 3.71. The van der Waals surface area contributed by atoms with E-state index < -0.39 is 0 Å². The van der Waals surface area contributed by atoms with Crippen molar-refractivity contribution in [1.82, 2.24) is 5.32 Å². The van der Waals surface area contributed by atoms with E-state index in [0.29, 0.717) is 13.0 Å². The van der Waals surface area contributed by atoms with Crippen LogP contribution in [-0.4, -0.2) is 24.5 Å². The molecule has 0 fully saturated rings. The smallest absolute Gasteiger partial charge is 0.130 e. The van der Waals surface area contributed by atoms with E-state index in [0.717, 1.165) is 42.8 Å². The molecule has 3 aromatic rings. The molecule has 3 aromatic carbocycles. The molecule has 0 saturated carbocycles. The van der Waals surface area contributed by atoms with Gasteiger partial charge in [-0.25, -0.2) is 0 Å². The molecule has 0 aromatic heterocycles. The van der Waals surface area contributed by atoms with E-state index in [9.17, 15) is 5.11 Å². The second-order valence-electron chi connectivity index (χ2n) is 7.45. The van der Waals surface area contributed by atoms with Gasteiger partial charge in [-0.3, -0.25) is 10.3 Å². The second kappa shape index (κ2) is 10.1. The van der Waals surface area contributed by atoms with Crippen LogP contribution in [0.1, 0.15) is 42.2 Å². The zero-order valence-electron chi connectivity index (χ0n) is 17.8. The second-order valence-corrected chi connectivity index (χ2v) is 9.28. The van der Waals surface area contributed by atoms with Crippen LogP contribution in [0.4, 0.5) is 0 Å². The van der Waals surface area contributed by atoms with Gasteiger partial charge in [-0.05, 0) is 73.2 Å². The topological polar surface area (TPSA) is 63.1 Å². The maximum atomic E-state index is 10.6. The molecule has 1 aliphatic rings. The van der Waals surface area contributed by atoms with Crippen molar-refractivity contribution < 1.29 is 14.6 Å². The Morgan fingerprint density at radius 1 is 1.00 bits per heavy atom. The summed E-state index contributed by atoms with van der Waals surface area (Å²) in [6.45, 7) is 2.59. The summed E-state index contributed by atoms with van der Waals surface area (Å²) < 4.78 is 13.1. The number of nitrogens with zero attached hydrogens (tertiary/aromatic N) is 1. The fourth-order valence-corrected chi connectivity index (χ4v) is 4.63. The lowest BCUT2D eigenvalue weighted by Gasteiger charge is -2.31. The van der Waals surface area contributed by atoms with Crippen molar-refractivity contribution in [2.24, 2.45) is 4.99 Å². The number of ether oxygens (including phenoxy) is 2. The molecule has 0 aliphatic carbocycles. The molecule has 166 valence electrons. The molecule has 2 N–H and O–H groups in total.